The predicted octanol–water partition coefficient (Wildman–Crippen LogP) is 2.66. The van der Waals surface area contributed by atoms with Crippen LogP contribution in [-0.2, 0) is 13.0 Å². The molecule has 0 atom stereocenters. The van der Waals surface area contributed by atoms with Gasteiger partial charge < -0.3 is 10.6 Å². The molecule has 0 saturated carbocycles. The largest absolute Gasteiger partial charge is 0.326 e. The van der Waals surface area contributed by atoms with Crippen LogP contribution in [0.3, 0.4) is 0 Å². The topological polar surface area (TPSA) is 46.3 Å². The van der Waals surface area contributed by atoms with Gasteiger partial charge in [-0.05, 0) is 42.2 Å². The zero-order valence-corrected chi connectivity index (χ0v) is 11.6. The maximum Gasteiger partial charge on any atom is 0.258 e. The van der Waals surface area contributed by atoms with Gasteiger partial charge in [0.05, 0.1) is 0 Å². The van der Waals surface area contributed by atoms with Crippen molar-refractivity contribution in [2.24, 2.45) is 5.73 Å². The highest BCUT2D eigenvalue weighted by Crippen LogP contribution is 2.27. The van der Waals surface area contributed by atoms with Crippen molar-refractivity contribution in [1.29, 1.82) is 0 Å². The summed E-state index contributed by atoms with van der Waals surface area (Å²) in [6.45, 7) is 3.25. The number of rotatable bonds is 2. The molecule has 20 heavy (non-hydrogen) atoms. The van der Waals surface area contributed by atoms with Gasteiger partial charge in [0, 0.05) is 24.3 Å². The van der Waals surface area contributed by atoms with E-state index in [2.05, 4.69) is 0 Å². The van der Waals surface area contributed by atoms with E-state index in [0.717, 1.165) is 40.9 Å². The minimum Gasteiger partial charge on any atom is -0.326 e. The molecule has 0 bridgehead atoms. The third kappa shape index (κ3) is 2.10. The van der Waals surface area contributed by atoms with E-state index in [-0.39, 0.29) is 5.91 Å². The van der Waals surface area contributed by atoms with Crippen molar-refractivity contribution in [3.8, 4) is 0 Å². The molecule has 102 valence electrons. The van der Waals surface area contributed by atoms with E-state index in [1.165, 1.54) is 0 Å². The molecule has 2 aromatic rings. The summed E-state index contributed by atoms with van der Waals surface area (Å²) in [5.74, 6) is 0.0871. The molecule has 3 nitrogen and oxygen atoms in total. The van der Waals surface area contributed by atoms with Crippen LogP contribution >= 0.6 is 0 Å². The fourth-order valence-electron chi connectivity index (χ4n) is 2.73. The molecule has 1 amide bonds. The minimum atomic E-state index is 0.0871. The van der Waals surface area contributed by atoms with Crippen molar-refractivity contribution in [2.45, 2.75) is 19.9 Å². The Balaban J connectivity index is 2.03. The monoisotopic (exact) mass is 266 g/mol. The van der Waals surface area contributed by atoms with E-state index < -0.39 is 0 Å². The lowest BCUT2D eigenvalue weighted by Crippen LogP contribution is -2.38. The Hall–Kier alpha value is -2.13. The van der Waals surface area contributed by atoms with E-state index in [0.29, 0.717) is 6.54 Å². The van der Waals surface area contributed by atoms with E-state index in [1.807, 2.05) is 54.3 Å². The highest BCUT2D eigenvalue weighted by atomic mass is 16.2. The van der Waals surface area contributed by atoms with Gasteiger partial charge in [-0.15, -0.1) is 0 Å². The smallest absolute Gasteiger partial charge is 0.258 e. The first kappa shape index (κ1) is 12.9. The number of hydrogen-bond acceptors (Lipinski definition) is 2. The molecule has 0 spiro atoms. The summed E-state index contributed by atoms with van der Waals surface area (Å²) >= 11 is 0. The second kappa shape index (κ2) is 5.10. The molecular formula is C17H18N2O. The minimum absolute atomic E-state index is 0.0871. The Morgan fingerprint density at radius 3 is 2.80 bits per heavy atom. The lowest BCUT2D eigenvalue weighted by atomic mass is 9.97. The van der Waals surface area contributed by atoms with Gasteiger partial charge in [-0.25, -0.2) is 0 Å². The Morgan fingerprint density at radius 1 is 1.20 bits per heavy atom. The third-order valence-electron chi connectivity index (χ3n) is 3.90. The summed E-state index contributed by atoms with van der Waals surface area (Å²) in [4.78, 5) is 14.5. The van der Waals surface area contributed by atoms with Crippen molar-refractivity contribution in [3.05, 3.63) is 64.7 Å². The zero-order valence-electron chi connectivity index (χ0n) is 11.6. The average molecular weight is 266 g/mol. The van der Waals surface area contributed by atoms with Crippen molar-refractivity contribution < 1.29 is 4.79 Å². The zero-order chi connectivity index (χ0) is 14.1. The Labute approximate surface area is 119 Å². The van der Waals surface area contributed by atoms with Gasteiger partial charge in [0.15, 0.2) is 0 Å². The molecular weight excluding hydrogens is 248 g/mol. The fraction of sp³-hybridized carbons (Fsp3) is 0.235. The average Bonchev–Trinajstić information content (AvgIpc) is 2.49. The maximum absolute atomic E-state index is 12.7. The number of nitrogens with two attached hydrogens (primary N) is 1. The molecule has 3 rings (SSSR count). The van der Waals surface area contributed by atoms with Gasteiger partial charge in [0.2, 0.25) is 0 Å². The first-order valence-corrected chi connectivity index (χ1v) is 6.90. The highest BCUT2D eigenvalue weighted by molar-refractivity contribution is 6.08. The Morgan fingerprint density at radius 2 is 2.00 bits per heavy atom. The summed E-state index contributed by atoms with van der Waals surface area (Å²) in [7, 11) is 0. The molecule has 0 radical (unpaired) electrons. The molecule has 2 aromatic carbocycles. The van der Waals surface area contributed by atoms with Crippen LogP contribution in [0.2, 0.25) is 0 Å². The molecule has 1 aliphatic rings. The normalized spacial score (nSPS) is 14.3. The first-order chi connectivity index (χ1) is 9.70. The van der Waals surface area contributed by atoms with Crippen LogP contribution in [0.1, 0.15) is 27.0 Å². The van der Waals surface area contributed by atoms with E-state index in [4.69, 9.17) is 5.73 Å². The number of benzene rings is 2. The Kier molecular flexibility index (Phi) is 3.28. The molecule has 2 N–H and O–H groups in total. The van der Waals surface area contributed by atoms with Crippen molar-refractivity contribution in [2.75, 3.05) is 11.4 Å². The Bertz CT molecular complexity index is 664. The lowest BCUT2D eigenvalue weighted by molar-refractivity contribution is 0.0980. The third-order valence-corrected chi connectivity index (χ3v) is 3.90. The van der Waals surface area contributed by atoms with Crippen LogP contribution in [0.5, 0.6) is 0 Å². The molecule has 3 heteroatoms. The highest BCUT2D eigenvalue weighted by Gasteiger charge is 2.25. The van der Waals surface area contributed by atoms with Crippen LogP contribution in [0, 0.1) is 6.92 Å². The van der Waals surface area contributed by atoms with Crippen LogP contribution in [-0.4, -0.2) is 12.5 Å². The summed E-state index contributed by atoms with van der Waals surface area (Å²) < 4.78 is 0. The number of fused-ring (bicyclic) bond motifs is 1. The SMILES string of the molecule is Cc1ccc(CN)cc1N1CCc2ccccc2C1=O. The first-order valence-electron chi connectivity index (χ1n) is 6.90. The summed E-state index contributed by atoms with van der Waals surface area (Å²) in [6, 6.07) is 13.9. The van der Waals surface area contributed by atoms with Crippen LogP contribution in [0.25, 0.3) is 0 Å². The van der Waals surface area contributed by atoms with Crippen molar-refractivity contribution in [3.63, 3.8) is 0 Å². The number of aryl methyl sites for hydroxylation is 1. The molecule has 0 saturated heterocycles. The second-order valence-electron chi connectivity index (χ2n) is 5.19. The summed E-state index contributed by atoms with van der Waals surface area (Å²) in [5.41, 5.74) is 10.8. The summed E-state index contributed by atoms with van der Waals surface area (Å²) in [5, 5.41) is 0. The number of amides is 1. The van der Waals surface area contributed by atoms with Crippen LogP contribution in [0.4, 0.5) is 5.69 Å². The van der Waals surface area contributed by atoms with Crippen LogP contribution < -0.4 is 10.6 Å². The van der Waals surface area contributed by atoms with E-state index >= 15 is 0 Å². The van der Waals surface area contributed by atoms with Gasteiger partial charge in [-0.2, -0.15) is 0 Å². The van der Waals surface area contributed by atoms with Gasteiger partial charge in [0.25, 0.3) is 5.91 Å². The predicted molar refractivity (Wildman–Crippen MR) is 80.9 cm³/mol. The van der Waals surface area contributed by atoms with Crippen LogP contribution in [0.15, 0.2) is 42.5 Å². The molecule has 1 heterocycles. The summed E-state index contributed by atoms with van der Waals surface area (Å²) in [6.07, 6.45) is 0.897. The molecule has 0 unspecified atom stereocenters. The van der Waals surface area contributed by atoms with Crippen molar-refractivity contribution in [1.82, 2.24) is 0 Å². The number of nitrogens with zero attached hydrogens (tertiary/aromatic N) is 1. The van der Waals surface area contributed by atoms with Gasteiger partial charge in [-0.1, -0.05) is 30.3 Å². The van der Waals surface area contributed by atoms with E-state index in [9.17, 15) is 4.79 Å². The van der Waals surface area contributed by atoms with Gasteiger partial charge in [-0.3, -0.25) is 4.79 Å². The molecule has 0 aromatic heterocycles. The quantitative estimate of drug-likeness (QED) is 0.908. The van der Waals surface area contributed by atoms with Gasteiger partial charge in [0.1, 0.15) is 0 Å². The van der Waals surface area contributed by atoms with E-state index in [1.54, 1.807) is 0 Å². The molecule has 0 fully saturated rings. The molecule has 0 aliphatic carbocycles. The lowest BCUT2D eigenvalue weighted by Gasteiger charge is -2.30. The number of hydrogen-bond donors (Lipinski definition) is 1. The molecule has 1 aliphatic heterocycles. The number of carbonyl (C=O) groups is 1. The van der Waals surface area contributed by atoms with Gasteiger partial charge >= 0.3 is 0 Å². The second-order valence-corrected chi connectivity index (χ2v) is 5.19. The number of anilines is 1. The fourth-order valence-corrected chi connectivity index (χ4v) is 2.73. The standard InChI is InChI=1S/C17H18N2O/c1-12-6-7-13(11-18)10-16(12)19-9-8-14-4-2-3-5-15(14)17(19)20/h2-7,10H,8-9,11,18H2,1H3. The van der Waals surface area contributed by atoms with Crippen molar-refractivity contribution >= 4 is 11.6 Å². The number of carbonyl (C=O) groups excluding carboxylic acids is 1. The maximum atomic E-state index is 12.7.